The Morgan fingerprint density at radius 1 is 1.39 bits per heavy atom. The van der Waals surface area contributed by atoms with E-state index in [9.17, 15) is 9.59 Å². The normalized spacial score (nSPS) is 22.7. The summed E-state index contributed by atoms with van der Waals surface area (Å²) in [6, 6.07) is 3.53. The maximum absolute atomic E-state index is 11.8. The number of carboxylic acids is 1. The van der Waals surface area contributed by atoms with Gasteiger partial charge in [-0.05, 0) is 31.4 Å². The fourth-order valence-electron chi connectivity index (χ4n) is 2.19. The van der Waals surface area contributed by atoms with E-state index in [-0.39, 0.29) is 17.7 Å². The molecule has 2 N–H and O–H groups in total. The minimum Gasteiger partial charge on any atom is -0.481 e. The minimum absolute atomic E-state index is 0.0931. The highest BCUT2D eigenvalue weighted by Crippen LogP contribution is 2.31. The molecule has 0 spiro atoms. The van der Waals surface area contributed by atoms with Gasteiger partial charge in [-0.2, -0.15) is 10.2 Å². The van der Waals surface area contributed by atoms with Crippen LogP contribution in [0.4, 0.5) is 0 Å². The Morgan fingerprint density at radius 3 is 2.78 bits per heavy atom. The summed E-state index contributed by atoms with van der Waals surface area (Å²) >= 11 is 0. The molecule has 1 aliphatic carbocycles. The van der Waals surface area contributed by atoms with Crippen LogP contribution in [0.1, 0.15) is 25.0 Å². The quantitative estimate of drug-likeness (QED) is 0.815. The van der Waals surface area contributed by atoms with E-state index in [0.717, 1.165) is 0 Å². The molecule has 2 atom stereocenters. The van der Waals surface area contributed by atoms with Gasteiger partial charge in [-0.15, -0.1) is 0 Å². The van der Waals surface area contributed by atoms with Gasteiger partial charge in [-0.25, -0.2) is 0 Å². The van der Waals surface area contributed by atoms with Crippen LogP contribution in [0.5, 0.6) is 0 Å². The Kier molecular flexibility index (Phi) is 3.86. The summed E-state index contributed by atoms with van der Waals surface area (Å²) in [6.45, 7) is 0.334. The van der Waals surface area contributed by atoms with Gasteiger partial charge in [0.05, 0.1) is 18.2 Å². The number of amides is 1. The molecule has 18 heavy (non-hydrogen) atoms. The summed E-state index contributed by atoms with van der Waals surface area (Å²) in [6.07, 6.45) is 3.23. The molecule has 1 fully saturated rings. The zero-order valence-electron chi connectivity index (χ0n) is 9.87. The zero-order valence-corrected chi connectivity index (χ0v) is 9.87. The second-order valence-corrected chi connectivity index (χ2v) is 4.48. The molecule has 1 aromatic heterocycles. The summed E-state index contributed by atoms with van der Waals surface area (Å²) < 4.78 is 0. The van der Waals surface area contributed by atoms with E-state index in [0.29, 0.717) is 31.5 Å². The summed E-state index contributed by atoms with van der Waals surface area (Å²) in [5.74, 6) is -1.47. The predicted molar refractivity (Wildman–Crippen MR) is 62.3 cm³/mol. The SMILES string of the molecule is O=C(O)C1CCC(C(=O)NCc2cccnn2)C1. The number of hydrogen-bond acceptors (Lipinski definition) is 4. The topological polar surface area (TPSA) is 92.2 Å². The first-order valence-electron chi connectivity index (χ1n) is 5.94. The first-order valence-corrected chi connectivity index (χ1v) is 5.94. The number of carboxylic acid groups (broad SMARTS) is 1. The van der Waals surface area contributed by atoms with E-state index in [4.69, 9.17) is 5.11 Å². The Labute approximate surface area is 104 Å². The molecule has 0 aromatic carbocycles. The largest absolute Gasteiger partial charge is 0.481 e. The highest BCUT2D eigenvalue weighted by molar-refractivity contribution is 5.80. The number of carbonyl (C=O) groups is 2. The second kappa shape index (κ2) is 5.57. The smallest absolute Gasteiger partial charge is 0.306 e. The first-order chi connectivity index (χ1) is 8.66. The first kappa shape index (κ1) is 12.5. The molecule has 1 saturated carbocycles. The molecule has 1 aromatic rings. The molecule has 2 unspecified atom stereocenters. The molecule has 1 aliphatic rings. The average molecular weight is 249 g/mol. The molecule has 6 heteroatoms. The Bertz CT molecular complexity index is 435. The van der Waals surface area contributed by atoms with Crippen LogP contribution in [0, 0.1) is 11.8 Å². The average Bonchev–Trinajstić information content (AvgIpc) is 2.87. The van der Waals surface area contributed by atoms with Gasteiger partial charge in [-0.1, -0.05) is 0 Å². The monoisotopic (exact) mass is 249 g/mol. The van der Waals surface area contributed by atoms with Crippen molar-refractivity contribution in [1.82, 2.24) is 15.5 Å². The Morgan fingerprint density at radius 2 is 2.17 bits per heavy atom. The van der Waals surface area contributed by atoms with Crippen molar-refractivity contribution in [3.63, 3.8) is 0 Å². The van der Waals surface area contributed by atoms with Crippen molar-refractivity contribution < 1.29 is 14.7 Å². The van der Waals surface area contributed by atoms with Crippen LogP contribution < -0.4 is 5.32 Å². The third kappa shape index (κ3) is 3.03. The molecule has 0 radical (unpaired) electrons. The molecular weight excluding hydrogens is 234 g/mol. The van der Waals surface area contributed by atoms with E-state index >= 15 is 0 Å². The lowest BCUT2D eigenvalue weighted by Crippen LogP contribution is -2.29. The number of nitrogens with zero attached hydrogens (tertiary/aromatic N) is 2. The van der Waals surface area contributed by atoms with Crippen molar-refractivity contribution in [2.75, 3.05) is 0 Å². The second-order valence-electron chi connectivity index (χ2n) is 4.48. The summed E-state index contributed by atoms with van der Waals surface area (Å²) in [4.78, 5) is 22.6. The van der Waals surface area contributed by atoms with Crippen LogP contribution in [0.3, 0.4) is 0 Å². The number of hydrogen-bond donors (Lipinski definition) is 2. The summed E-state index contributed by atoms with van der Waals surface area (Å²) in [7, 11) is 0. The summed E-state index contributed by atoms with van der Waals surface area (Å²) in [5, 5.41) is 19.2. The molecule has 0 aliphatic heterocycles. The van der Waals surface area contributed by atoms with Gasteiger partial charge in [-0.3, -0.25) is 9.59 Å². The lowest BCUT2D eigenvalue weighted by Gasteiger charge is -2.10. The van der Waals surface area contributed by atoms with Gasteiger partial charge < -0.3 is 10.4 Å². The maximum atomic E-state index is 11.8. The predicted octanol–water partition coefficient (Wildman–Crippen LogP) is 0.594. The van der Waals surface area contributed by atoms with Gasteiger partial charge in [0.1, 0.15) is 0 Å². The fourth-order valence-corrected chi connectivity index (χ4v) is 2.19. The summed E-state index contributed by atoms with van der Waals surface area (Å²) in [5.41, 5.74) is 0.693. The van der Waals surface area contributed by atoms with Crippen LogP contribution >= 0.6 is 0 Å². The molecular formula is C12H15N3O3. The van der Waals surface area contributed by atoms with E-state index in [1.54, 1.807) is 18.3 Å². The molecule has 96 valence electrons. The van der Waals surface area contributed by atoms with Crippen LogP contribution in [0.25, 0.3) is 0 Å². The van der Waals surface area contributed by atoms with Crippen molar-refractivity contribution in [3.05, 3.63) is 24.0 Å². The number of carbonyl (C=O) groups excluding carboxylic acids is 1. The molecule has 1 amide bonds. The van der Waals surface area contributed by atoms with Crippen molar-refractivity contribution in [2.24, 2.45) is 11.8 Å². The van der Waals surface area contributed by atoms with Gasteiger partial charge in [0.2, 0.25) is 5.91 Å². The molecule has 1 heterocycles. The van der Waals surface area contributed by atoms with Crippen molar-refractivity contribution in [2.45, 2.75) is 25.8 Å². The molecule has 0 bridgehead atoms. The van der Waals surface area contributed by atoms with Crippen LogP contribution in [0.15, 0.2) is 18.3 Å². The fraction of sp³-hybridized carbons (Fsp3) is 0.500. The number of rotatable bonds is 4. The van der Waals surface area contributed by atoms with Crippen molar-refractivity contribution in [3.8, 4) is 0 Å². The Balaban J connectivity index is 1.81. The lowest BCUT2D eigenvalue weighted by atomic mass is 10.0. The minimum atomic E-state index is -0.806. The van der Waals surface area contributed by atoms with Gasteiger partial charge >= 0.3 is 5.97 Å². The van der Waals surface area contributed by atoms with Crippen LogP contribution in [0.2, 0.25) is 0 Å². The highest BCUT2D eigenvalue weighted by atomic mass is 16.4. The van der Waals surface area contributed by atoms with Crippen LogP contribution in [-0.2, 0) is 16.1 Å². The van der Waals surface area contributed by atoms with Crippen LogP contribution in [-0.4, -0.2) is 27.2 Å². The number of aliphatic carboxylic acids is 1. The highest BCUT2D eigenvalue weighted by Gasteiger charge is 2.33. The van der Waals surface area contributed by atoms with E-state index in [1.807, 2.05) is 0 Å². The van der Waals surface area contributed by atoms with E-state index < -0.39 is 5.97 Å². The van der Waals surface area contributed by atoms with Gasteiger partial charge in [0.15, 0.2) is 0 Å². The van der Waals surface area contributed by atoms with E-state index in [2.05, 4.69) is 15.5 Å². The Hall–Kier alpha value is -1.98. The maximum Gasteiger partial charge on any atom is 0.306 e. The third-order valence-corrected chi connectivity index (χ3v) is 3.22. The lowest BCUT2D eigenvalue weighted by molar-refractivity contribution is -0.141. The third-order valence-electron chi connectivity index (χ3n) is 3.22. The van der Waals surface area contributed by atoms with Gasteiger partial charge in [0.25, 0.3) is 0 Å². The molecule has 0 saturated heterocycles. The molecule has 6 nitrogen and oxygen atoms in total. The standard InChI is InChI=1S/C12H15N3O3/c16-11(8-3-4-9(6-8)12(17)18)13-7-10-2-1-5-14-15-10/h1-2,5,8-9H,3-4,6-7H2,(H,13,16)(H,17,18). The number of aromatic nitrogens is 2. The van der Waals surface area contributed by atoms with Gasteiger partial charge in [0, 0.05) is 12.1 Å². The molecule has 2 rings (SSSR count). The van der Waals surface area contributed by atoms with E-state index in [1.165, 1.54) is 0 Å². The van der Waals surface area contributed by atoms with Crippen molar-refractivity contribution >= 4 is 11.9 Å². The van der Waals surface area contributed by atoms with Crippen molar-refractivity contribution in [1.29, 1.82) is 0 Å². The number of nitrogens with one attached hydrogen (secondary N) is 1. The zero-order chi connectivity index (χ0) is 13.0.